The van der Waals surface area contributed by atoms with Gasteiger partial charge in [0.2, 0.25) is 0 Å². The molecule has 7 atom stereocenters. The van der Waals surface area contributed by atoms with Gasteiger partial charge in [-0.05, 0) is 43.4 Å². The third-order valence-corrected chi connectivity index (χ3v) is 20.3. The average molecular weight is 1400 g/mol. The van der Waals surface area contributed by atoms with Crippen LogP contribution in [0, 0.1) is 17.8 Å². The number of carbonyl (C=O) groups excluding carboxylic acids is 4. The highest BCUT2D eigenvalue weighted by Crippen LogP contribution is 2.45. The topological polar surface area (TPSA) is 237 Å². The number of esters is 4. The van der Waals surface area contributed by atoms with E-state index in [1.165, 1.54) is 193 Å². The number of unbranched alkanes of at least 4 members (excludes halogenated alkanes) is 40. The van der Waals surface area contributed by atoms with Gasteiger partial charge in [0.25, 0.3) is 0 Å². The number of phosphoric ester groups is 2. The summed E-state index contributed by atoms with van der Waals surface area (Å²) in [6.45, 7) is 11.8. The van der Waals surface area contributed by atoms with Gasteiger partial charge in [0.05, 0.1) is 26.4 Å². The number of rotatable bonds is 74. The van der Waals surface area contributed by atoms with Gasteiger partial charge in [0.1, 0.15) is 19.3 Å². The van der Waals surface area contributed by atoms with Crippen LogP contribution in [-0.2, 0) is 65.4 Å². The summed E-state index contributed by atoms with van der Waals surface area (Å²) in [5, 5.41) is 10.6. The normalized spacial score (nSPS) is 14.6. The van der Waals surface area contributed by atoms with E-state index in [1.807, 2.05) is 0 Å². The Morgan fingerprint density at radius 3 is 0.800 bits per heavy atom. The lowest BCUT2D eigenvalue weighted by molar-refractivity contribution is -0.161. The molecular weight excluding hydrogens is 1250 g/mol. The first-order chi connectivity index (χ1) is 45.8. The van der Waals surface area contributed by atoms with E-state index in [2.05, 4.69) is 48.5 Å². The van der Waals surface area contributed by atoms with Crippen LogP contribution in [0.3, 0.4) is 0 Å². The Morgan fingerprint density at radius 2 is 0.537 bits per heavy atom. The smallest absolute Gasteiger partial charge is 0.462 e. The van der Waals surface area contributed by atoms with Crippen LogP contribution in [0.2, 0.25) is 0 Å². The van der Waals surface area contributed by atoms with Gasteiger partial charge in [-0.15, -0.1) is 0 Å². The Morgan fingerprint density at radius 1 is 0.305 bits per heavy atom. The van der Waals surface area contributed by atoms with Gasteiger partial charge in [-0.25, -0.2) is 9.13 Å². The standard InChI is InChI=1S/C76H148O17P2/c1-8-11-12-13-14-15-16-17-25-28-31-34-43-50-57-73(78)86-63-71(92-75(80)59-52-45-35-32-29-26-23-21-19-18-20-22-24-27-30-33-40-47-54-67(4)5)65-90-94(82,83)88-61-70(77)62-89-95(84,85)91-66-72(93-76(81)60-53-46-39-37-42-49-56-69(7)10-3)64-87-74(79)58-51-44-38-36-41-48-55-68(6)9-2/h67-72,77H,8-66H2,1-7H3,(H,82,83)(H,84,85)/t68?,69?,70-,71-,72-/m1/s1. The molecule has 0 aliphatic rings. The Bertz CT molecular complexity index is 1860. The SMILES string of the molecule is CCCCCCCCCCCCCCCCC(=O)OC[C@H](COP(=O)(O)OC[C@@H](O)COP(=O)(O)OC[C@@H](COC(=O)CCCCCCCCC(C)CC)OC(=O)CCCCCCCCC(C)CC)OC(=O)CCCCCCCCCCCCCCCCCCCCC(C)C. The molecule has 0 heterocycles. The maximum Gasteiger partial charge on any atom is 0.472 e. The molecule has 0 saturated carbocycles. The van der Waals surface area contributed by atoms with Crippen LogP contribution in [-0.4, -0.2) is 96.7 Å². The second-order valence-corrected chi connectivity index (χ2v) is 31.3. The monoisotopic (exact) mass is 1400 g/mol. The van der Waals surface area contributed by atoms with Crippen molar-refractivity contribution in [3.8, 4) is 0 Å². The number of carbonyl (C=O) groups is 4. The maximum absolute atomic E-state index is 13.1. The molecule has 0 aromatic heterocycles. The Hall–Kier alpha value is -1.94. The van der Waals surface area contributed by atoms with E-state index in [0.717, 1.165) is 114 Å². The third-order valence-electron chi connectivity index (χ3n) is 18.4. The fourth-order valence-corrected chi connectivity index (χ4v) is 13.1. The molecule has 0 amide bonds. The minimum Gasteiger partial charge on any atom is -0.462 e. The highest BCUT2D eigenvalue weighted by Gasteiger charge is 2.30. The van der Waals surface area contributed by atoms with E-state index < -0.39 is 97.5 Å². The molecule has 3 N–H and O–H groups in total. The summed E-state index contributed by atoms with van der Waals surface area (Å²) < 4.78 is 68.5. The molecular formula is C76H148O17P2. The van der Waals surface area contributed by atoms with Gasteiger partial charge in [-0.2, -0.15) is 0 Å². The fraction of sp³-hybridized carbons (Fsp3) is 0.947. The van der Waals surface area contributed by atoms with Crippen molar-refractivity contribution in [1.82, 2.24) is 0 Å². The molecule has 17 nitrogen and oxygen atoms in total. The van der Waals surface area contributed by atoms with E-state index in [1.54, 1.807) is 0 Å². The summed E-state index contributed by atoms with van der Waals surface area (Å²) >= 11 is 0. The number of hydrogen-bond acceptors (Lipinski definition) is 15. The summed E-state index contributed by atoms with van der Waals surface area (Å²) in [7, 11) is -9.91. The molecule has 4 unspecified atom stereocenters. The minimum atomic E-state index is -4.96. The number of aliphatic hydroxyl groups excluding tert-OH is 1. The Kier molecular flexibility index (Phi) is 65.2. The maximum atomic E-state index is 13.1. The predicted octanol–water partition coefficient (Wildman–Crippen LogP) is 22.2. The summed E-state index contributed by atoms with van der Waals surface area (Å²) in [6, 6.07) is 0. The zero-order valence-corrected chi connectivity index (χ0v) is 63.9. The van der Waals surface area contributed by atoms with Crippen LogP contribution in [0.15, 0.2) is 0 Å². The van der Waals surface area contributed by atoms with Crippen molar-refractivity contribution in [2.75, 3.05) is 39.6 Å². The lowest BCUT2D eigenvalue weighted by atomic mass is 10.00. The molecule has 0 rings (SSSR count). The Balaban J connectivity index is 5.20. The van der Waals surface area contributed by atoms with Crippen molar-refractivity contribution in [1.29, 1.82) is 0 Å². The van der Waals surface area contributed by atoms with Crippen molar-refractivity contribution in [3.05, 3.63) is 0 Å². The zero-order valence-electron chi connectivity index (χ0n) is 62.1. The van der Waals surface area contributed by atoms with E-state index >= 15 is 0 Å². The second-order valence-electron chi connectivity index (χ2n) is 28.4. The van der Waals surface area contributed by atoms with E-state index in [-0.39, 0.29) is 25.7 Å². The first kappa shape index (κ1) is 93.1. The van der Waals surface area contributed by atoms with Crippen LogP contribution in [0.25, 0.3) is 0 Å². The first-order valence-corrected chi connectivity index (χ1v) is 42.4. The van der Waals surface area contributed by atoms with Gasteiger partial charge in [-0.1, -0.05) is 337 Å². The van der Waals surface area contributed by atoms with E-state index in [4.69, 9.17) is 37.0 Å². The summed E-state index contributed by atoms with van der Waals surface area (Å²) in [5.74, 6) is 0.149. The number of ether oxygens (including phenoxy) is 4. The van der Waals surface area contributed by atoms with Gasteiger partial charge in [0.15, 0.2) is 12.2 Å². The van der Waals surface area contributed by atoms with Gasteiger partial charge < -0.3 is 33.8 Å². The van der Waals surface area contributed by atoms with Crippen LogP contribution in [0.4, 0.5) is 0 Å². The molecule has 95 heavy (non-hydrogen) atoms. The zero-order chi connectivity index (χ0) is 70.1. The molecule has 0 aliphatic carbocycles. The molecule has 0 fully saturated rings. The molecule has 0 aromatic carbocycles. The molecule has 0 bridgehead atoms. The van der Waals surface area contributed by atoms with Gasteiger partial charge in [-0.3, -0.25) is 37.3 Å². The van der Waals surface area contributed by atoms with Crippen molar-refractivity contribution >= 4 is 39.5 Å². The molecule has 0 aromatic rings. The average Bonchev–Trinajstić information content (AvgIpc) is 1.85. The van der Waals surface area contributed by atoms with Crippen LogP contribution in [0.1, 0.15) is 389 Å². The number of phosphoric acid groups is 2. The largest absolute Gasteiger partial charge is 0.472 e. The molecule has 0 aliphatic heterocycles. The third kappa shape index (κ3) is 67.6. The lowest BCUT2D eigenvalue weighted by Gasteiger charge is -2.21. The van der Waals surface area contributed by atoms with Gasteiger partial charge in [0, 0.05) is 25.7 Å². The highest BCUT2D eigenvalue weighted by molar-refractivity contribution is 7.47. The second kappa shape index (κ2) is 66.6. The van der Waals surface area contributed by atoms with Crippen molar-refractivity contribution in [2.24, 2.45) is 17.8 Å². The fourth-order valence-electron chi connectivity index (χ4n) is 11.5. The van der Waals surface area contributed by atoms with Crippen LogP contribution in [0.5, 0.6) is 0 Å². The molecule has 564 valence electrons. The minimum absolute atomic E-state index is 0.102. The predicted molar refractivity (Wildman–Crippen MR) is 386 cm³/mol. The van der Waals surface area contributed by atoms with Crippen molar-refractivity contribution < 1.29 is 80.2 Å². The Labute approximate surface area is 581 Å². The molecule has 0 radical (unpaired) electrons. The number of aliphatic hydroxyl groups is 1. The summed E-state index contributed by atoms with van der Waals surface area (Å²) in [5.41, 5.74) is 0. The van der Waals surface area contributed by atoms with E-state index in [9.17, 15) is 43.2 Å². The number of hydrogen-bond donors (Lipinski definition) is 3. The first-order valence-electron chi connectivity index (χ1n) is 39.4. The van der Waals surface area contributed by atoms with Crippen LogP contribution >= 0.6 is 15.6 Å². The summed E-state index contributed by atoms with van der Waals surface area (Å²) in [6.07, 6.45) is 52.9. The van der Waals surface area contributed by atoms with Gasteiger partial charge >= 0.3 is 39.5 Å². The van der Waals surface area contributed by atoms with Crippen molar-refractivity contribution in [3.63, 3.8) is 0 Å². The van der Waals surface area contributed by atoms with E-state index in [0.29, 0.717) is 25.7 Å². The lowest BCUT2D eigenvalue weighted by Crippen LogP contribution is -2.30. The molecule has 19 heteroatoms. The van der Waals surface area contributed by atoms with Crippen molar-refractivity contribution in [2.45, 2.75) is 407 Å². The highest BCUT2D eigenvalue weighted by atomic mass is 31.2. The summed E-state index contributed by atoms with van der Waals surface area (Å²) in [4.78, 5) is 72.7. The van der Waals surface area contributed by atoms with Crippen LogP contribution < -0.4 is 0 Å². The molecule has 0 spiro atoms. The quantitative estimate of drug-likeness (QED) is 0.0222. The molecule has 0 saturated heterocycles.